The molecular weight excluding hydrogens is 412 g/mol. The summed E-state index contributed by atoms with van der Waals surface area (Å²) in [5.41, 5.74) is 2.70. The van der Waals surface area contributed by atoms with Crippen LogP contribution in [0.25, 0.3) is 5.57 Å². The predicted molar refractivity (Wildman–Crippen MR) is 112 cm³/mol. The lowest BCUT2D eigenvalue weighted by Crippen LogP contribution is -2.29. The summed E-state index contributed by atoms with van der Waals surface area (Å²) in [5, 5.41) is 11.9. The average Bonchev–Trinajstić information content (AvgIpc) is 2.96. The molecule has 1 unspecified atom stereocenters. The van der Waals surface area contributed by atoms with Gasteiger partial charge in [0, 0.05) is 22.2 Å². The van der Waals surface area contributed by atoms with Gasteiger partial charge in [0.05, 0.1) is 6.04 Å². The van der Waals surface area contributed by atoms with Crippen LogP contribution < -0.4 is 0 Å². The quantitative estimate of drug-likeness (QED) is 0.539. The van der Waals surface area contributed by atoms with Gasteiger partial charge in [0.15, 0.2) is 5.76 Å². The lowest BCUT2D eigenvalue weighted by molar-refractivity contribution is -0.130. The minimum atomic E-state index is -0.569. The summed E-state index contributed by atoms with van der Waals surface area (Å²) in [4.78, 5) is 14.5. The molecule has 0 saturated carbocycles. The monoisotopic (exact) mass is 427 g/mol. The highest BCUT2D eigenvalue weighted by molar-refractivity contribution is 6.30. The summed E-state index contributed by atoms with van der Waals surface area (Å²) in [6.07, 6.45) is 0. The summed E-state index contributed by atoms with van der Waals surface area (Å²) >= 11 is 12.0. The smallest absolute Gasteiger partial charge is 0.290 e. The van der Waals surface area contributed by atoms with Crippen LogP contribution in [-0.4, -0.2) is 15.9 Å². The topological polar surface area (TPSA) is 40.5 Å². The van der Waals surface area contributed by atoms with Gasteiger partial charge in [0.2, 0.25) is 0 Å². The van der Waals surface area contributed by atoms with E-state index in [1.54, 1.807) is 53.4 Å². The number of halogens is 3. The Hall–Kier alpha value is -2.82. The number of rotatable bonds is 4. The minimum absolute atomic E-state index is 0.263. The van der Waals surface area contributed by atoms with Crippen LogP contribution >= 0.6 is 23.2 Å². The van der Waals surface area contributed by atoms with Gasteiger partial charge < -0.3 is 10.0 Å². The van der Waals surface area contributed by atoms with E-state index < -0.39 is 11.9 Å². The first kappa shape index (κ1) is 19.5. The van der Waals surface area contributed by atoms with E-state index in [1.165, 1.54) is 12.1 Å². The number of carbonyl (C=O) groups excluding carboxylic acids is 1. The zero-order valence-corrected chi connectivity index (χ0v) is 16.7. The van der Waals surface area contributed by atoms with E-state index in [-0.39, 0.29) is 18.1 Å². The molecule has 0 fully saturated rings. The third-order valence-electron chi connectivity index (χ3n) is 4.91. The zero-order valence-electron chi connectivity index (χ0n) is 15.1. The first-order valence-electron chi connectivity index (χ1n) is 8.94. The largest absolute Gasteiger partial charge is 0.503 e. The second-order valence-corrected chi connectivity index (χ2v) is 7.66. The van der Waals surface area contributed by atoms with Crippen LogP contribution in [0, 0.1) is 5.82 Å². The third-order valence-corrected chi connectivity index (χ3v) is 5.41. The van der Waals surface area contributed by atoms with Crippen molar-refractivity contribution in [2.45, 2.75) is 12.6 Å². The highest BCUT2D eigenvalue weighted by Crippen LogP contribution is 2.44. The van der Waals surface area contributed by atoms with Gasteiger partial charge >= 0.3 is 0 Å². The zero-order chi connectivity index (χ0) is 20.5. The van der Waals surface area contributed by atoms with Gasteiger partial charge in [0.25, 0.3) is 5.91 Å². The molecule has 1 aliphatic rings. The number of amides is 1. The van der Waals surface area contributed by atoms with Crippen LogP contribution in [0.5, 0.6) is 0 Å². The number of hydrogen-bond donors (Lipinski definition) is 1. The Morgan fingerprint density at radius 1 is 0.862 bits per heavy atom. The van der Waals surface area contributed by atoms with Gasteiger partial charge in [-0.25, -0.2) is 4.39 Å². The molecule has 1 N–H and O–H groups in total. The summed E-state index contributed by atoms with van der Waals surface area (Å²) in [6, 6.07) is 19.4. The number of benzene rings is 3. The second kappa shape index (κ2) is 7.90. The van der Waals surface area contributed by atoms with Crippen LogP contribution in [0.4, 0.5) is 4.39 Å². The van der Waals surface area contributed by atoms with Crippen LogP contribution in [0.1, 0.15) is 22.7 Å². The first-order valence-corrected chi connectivity index (χ1v) is 9.69. The molecule has 3 nitrogen and oxygen atoms in total. The molecule has 146 valence electrons. The Labute approximate surface area is 177 Å². The van der Waals surface area contributed by atoms with Crippen LogP contribution in [0.3, 0.4) is 0 Å². The number of aliphatic hydroxyl groups is 1. The van der Waals surface area contributed by atoms with E-state index in [0.29, 0.717) is 26.7 Å². The molecule has 0 bridgehead atoms. The number of carbonyl (C=O) groups is 1. The van der Waals surface area contributed by atoms with Crippen molar-refractivity contribution in [3.63, 3.8) is 0 Å². The van der Waals surface area contributed by atoms with Crippen molar-refractivity contribution in [2.75, 3.05) is 0 Å². The molecule has 1 heterocycles. The molecule has 1 amide bonds. The molecule has 0 aliphatic carbocycles. The molecule has 0 aromatic heterocycles. The van der Waals surface area contributed by atoms with Crippen molar-refractivity contribution in [1.29, 1.82) is 0 Å². The van der Waals surface area contributed by atoms with Gasteiger partial charge in [0.1, 0.15) is 5.82 Å². The Balaban J connectivity index is 1.80. The van der Waals surface area contributed by atoms with Crippen LogP contribution in [0.15, 0.2) is 78.6 Å². The van der Waals surface area contributed by atoms with Crippen molar-refractivity contribution in [3.8, 4) is 0 Å². The van der Waals surface area contributed by atoms with Gasteiger partial charge in [-0.05, 0) is 53.1 Å². The van der Waals surface area contributed by atoms with Crippen LogP contribution in [0.2, 0.25) is 10.0 Å². The van der Waals surface area contributed by atoms with E-state index in [0.717, 1.165) is 5.56 Å². The molecule has 6 heteroatoms. The Kier molecular flexibility index (Phi) is 5.31. The molecule has 0 spiro atoms. The van der Waals surface area contributed by atoms with Crippen molar-refractivity contribution in [3.05, 3.63) is 111 Å². The summed E-state index contributed by atoms with van der Waals surface area (Å²) in [7, 11) is 0. The Morgan fingerprint density at radius 3 is 2.00 bits per heavy atom. The summed E-state index contributed by atoms with van der Waals surface area (Å²) in [5.74, 6) is -1.18. The molecule has 4 rings (SSSR count). The molecule has 29 heavy (non-hydrogen) atoms. The molecule has 1 aliphatic heterocycles. The van der Waals surface area contributed by atoms with E-state index in [9.17, 15) is 14.3 Å². The maximum Gasteiger partial charge on any atom is 0.290 e. The maximum atomic E-state index is 13.5. The van der Waals surface area contributed by atoms with Crippen molar-refractivity contribution in [2.24, 2.45) is 0 Å². The van der Waals surface area contributed by atoms with Gasteiger partial charge in [-0.15, -0.1) is 0 Å². The molecule has 1 atom stereocenters. The number of nitrogens with zero attached hydrogens (tertiary/aromatic N) is 1. The number of hydrogen-bond acceptors (Lipinski definition) is 2. The predicted octanol–water partition coefficient (Wildman–Crippen LogP) is 6.19. The fourth-order valence-corrected chi connectivity index (χ4v) is 3.77. The molecule has 0 radical (unpaired) electrons. The van der Waals surface area contributed by atoms with E-state index in [2.05, 4.69) is 0 Å². The van der Waals surface area contributed by atoms with Crippen LogP contribution in [-0.2, 0) is 11.3 Å². The average molecular weight is 428 g/mol. The molecule has 3 aromatic carbocycles. The summed E-state index contributed by atoms with van der Waals surface area (Å²) in [6.45, 7) is 0.263. The lowest BCUT2D eigenvalue weighted by Gasteiger charge is -2.27. The van der Waals surface area contributed by atoms with Gasteiger partial charge in [-0.3, -0.25) is 4.79 Å². The van der Waals surface area contributed by atoms with Crippen molar-refractivity contribution < 1.29 is 14.3 Å². The second-order valence-electron chi connectivity index (χ2n) is 6.78. The Morgan fingerprint density at radius 2 is 1.41 bits per heavy atom. The first-order chi connectivity index (χ1) is 13.9. The minimum Gasteiger partial charge on any atom is -0.503 e. The third kappa shape index (κ3) is 3.86. The molecular formula is C23H16Cl2FNO2. The van der Waals surface area contributed by atoms with Gasteiger partial charge in [-0.2, -0.15) is 0 Å². The lowest BCUT2D eigenvalue weighted by atomic mass is 9.93. The standard InChI is InChI=1S/C23H16Cl2FNO2/c24-17-7-1-14(2-8-17)13-27-21(16-5-11-19(26)12-6-16)20(22(28)23(27)29)15-3-9-18(25)10-4-15/h1-12,21,28H,13H2. The SMILES string of the molecule is O=C1C(O)=C(c2ccc(Cl)cc2)C(c2ccc(F)cc2)N1Cc1ccc(Cl)cc1. The van der Waals surface area contributed by atoms with Crippen molar-refractivity contribution >= 4 is 34.7 Å². The normalized spacial score (nSPS) is 16.6. The number of aliphatic hydroxyl groups excluding tert-OH is 1. The van der Waals surface area contributed by atoms with E-state index >= 15 is 0 Å². The highest BCUT2D eigenvalue weighted by Gasteiger charge is 2.40. The summed E-state index contributed by atoms with van der Waals surface area (Å²) < 4.78 is 13.5. The van der Waals surface area contributed by atoms with Crippen molar-refractivity contribution in [1.82, 2.24) is 4.90 Å². The fraction of sp³-hybridized carbons (Fsp3) is 0.0870. The van der Waals surface area contributed by atoms with E-state index in [4.69, 9.17) is 23.2 Å². The highest BCUT2D eigenvalue weighted by atomic mass is 35.5. The maximum absolute atomic E-state index is 13.5. The Bertz CT molecular complexity index is 1080. The fourth-order valence-electron chi connectivity index (χ4n) is 3.52. The van der Waals surface area contributed by atoms with Gasteiger partial charge in [-0.1, -0.05) is 59.6 Å². The molecule has 3 aromatic rings. The molecule has 0 saturated heterocycles. The van der Waals surface area contributed by atoms with E-state index in [1.807, 2.05) is 12.1 Å².